The molecule has 196 valence electrons. The predicted molar refractivity (Wildman–Crippen MR) is 168 cm³/mol. The van der Waals surface area contributed by atoms with Crippen molar-refractivity contribution in [1.82, 2.24) is 9.55 Å². The fraction of sp³-hybridized carbons (Fsp3) is 0. The van der Waals surface area contributed by atoms with Gasteiger partial charge in [-0.1, -0.05) is 72.8 Å². The van der Waals surface area contributed by atoms with E-state index in [9.17, 15) is 0 Å². The molecule has 0 bridgehead atoms. The van der Waals surface area contributed by atoms with E-state index in [1.54, 1.807) is 0 Å². The number of benzene rings is 6. The molecule has 0 saturated heterocycles. The van der Waals surface area contributed by atoms with Gasteiger partial charge in [0.15, 0.2) is 5.58 Å². The summed E-state index contributed by atoms with van der Waals surface area (Å²) in [6.07, 6.45) is 0. The molecule has 10 rings (SSSR count). The van der Waals surface area contributed by atoms with Crippen molar-refractivity contribution in [2.75, 3.05) is 0 Å². The van der Waals surface area contributed by atoms with Crippen LogP contribution >= 0.6 is 0 Å². The van der Waals surface area contributed by atoms with Gasteiger partial charge in [0.05, 0.1) is 21.8 Å². The number of nitrogens with zero attached hydrogens (tertiary/aromatic N) is 2. The van der Waals surface area contributed by atoms with Gasteiger partial charge in [-0.15, -0.1) is 0 Å². The summed E-state index contributed by atoms with van der Waals surface area (Å²) in [6, 6.07) is 41.9. The van der Waals surface area contributed by atoms with E-state index >= 15 is 0 Å². The largest absolute Gasteiger partial charge is 0.456 e. The van der Waals surface area contributed by atoms with E-state index < -0.39 is 0 Å². The van der Waals surface area contributed by atoms with Crippen molar-refractivity contribution in [3.8, 4) is 17.1 Å². The second-order valence-corrected chi connectivity index (χ2v) is 10.7. The van der Waals surface area contributed by atoms with Crippen LogP contribution in [0.3, 0.4) is 0 Å². The Hall–Kier alpha value is -5.81. The maximum Gasteiger partial charge on any atom is 0.307 e. The molecule has 0 aliphatic heterocycles. The van der Waals surface area contributed by atoms with E-state index in [0.29, 0.717) is 11.6 Å². The molecule has 6 aromatic carbocycles. The molecule has 0 atom stereocenters. The molecule has 0 aliphatic rings. The molecule has 4 heterocycles. The molecule has 0 N–H and O–H groups in total. The Balaban J connectivity index is 1.32. The summed E-state index contributed by atoms with van der Waals surface area (Å²) in [4.78, 5) is 5.07. The van der Waals surface area contributed by atoms with Crippen LogP contribution in [0.15, 0.2) is 135 Å². The van der Waals surface area contributed by atoms with Crippen molar-refractivity contribution < 1.29 is 13.3 Å². The second-order valence-electron chi connectivity index (χ2n) is 10.7. The van der Waals surface area contributed by atoms with Gasteiger partial charge in [0.1, 0.15) is 27.8 Å². The maximum atomic E-state index is 6.75. The average molecular weight is 541 g/mol. The van der Waals surface area contributed by atoms with Crippen LogP contribution in [-0.4, -0.2) is 9.55 Å². The molecule has 0 amide bonds. The van der Waals surface area contributed by atoms with Gasteiger partial charge < -0.3 is 13.3 Å². The number of fused-ring (bicyclic) bond motifs is 12. The van der Waals surface area contributed by atoms with Crippen LogP contribution in [0.1, 0.15) is 0 Å². The summed E-state index contributed by atoms with van der Waals surface area (Å²) in [5.41, 5.74) is 9.09. The minimum absolute atomic E-state index is 0.509. The van der Waals surface area contributed by atoms with Gasteiger partial charge in [-0.3, -0.25) is 4.57 Å². The molecule has 0 aliphatic carbocycles. The lowest BCUT2D eigenvalue weighted by Crippen LogP contribution is -1.94. The van der Waals surface area contributed by atoms with Gasteiger partial charge in [0.2, 0.25) is 0 Å². The number of rotatable bonds is 2. The zero-order chi connectivity index (χ0) is 27.4. The van der Waals surface area contributed by atoms with Crippen molar-refractivity contribution >= 4 is 76.8 Å². The molecule has 4 aromatic heterocycles. The van der Waals surface area contributed by atoms with E-state index in [4.69, 9.17) is 18.2 Å². The highest BCUT2D eigenvalue weighted by Crippen LogP contribution is 2.42. The molecule has 0 unspecified atom stereocenters. The monoisotopic (exact) mass is 540 g/mol. The van der Waals surface area contributed by atoms with E-state index in [0.717, 1.165) is 82.3 Å². The molecule has 0 saturated carbocycles. The van der Waals surface area contributed by atoms with E-state index in [1.807, 2.05) is 42.5 Å². The van der Waals surface area contributed by atoms with Gasteiger partial charge >= 0.3 is 6.01 Å². The SMILES string of the molecule is c1ccc(-c2ccc3oc4ccc5nc(-n6c7ccccc7c7ccc8oc9ccccc9c8c76)oc5c4c3c2)cc1. The summed E-state index contributed by atoms with van der Waals surface area (Å²) in [6.45, 7) is 0. The van der Waals surface area contributed by atoms with Crippen LogP contribution < -0.4 is 0 Å². The van der Waals surface area contributed by atoms with Crippen LogP contribution in [0.25, 0.3) is 93.9 Å². The van der Waals surface area contributed by atoms with Crippen LogP contribution in [-0.2, 0) is 0 Å². The van der Waals surface area contributed by atoms with Crippen LogP contribution in [0.5, 0.6) is 0 Å². The molecule has 42 heavy (non-hydrogen) atoms. The van der Waals surface area contributed by atoms with Gasteiger partial charge in [0.25, 0.3) is 0 Å². The van der Waals surface area contributed by atoms with Crippen molar-refractivity contribution in [2.45, 2.75) is 0 Å². The number of para-hydroxylation sites is 2. The molecule has 0 fully saturated rings. The lowest BCUT2D eigenvalue weighted by molar-refractivity contribution is 0.577. The Morgan fingerprint density at radius 1 is 0.476 bits per heavy atom. The van der Waals surface area contributed by atoms with Crippen LogP contribution in [0, 0.1) is 0 Å². The smallest absolute Gasteiger partial charge is 0.307 e. The lowest BCUT2D eigenvalue weighted by atomic mass is 10.0. The third kappa shape index (κ3) is 2.84. The Morgan fingerprint density at radius 3 is 2.10 bits per heavy atom. The fourth-order valence-corrected chi connectivity index (χ4v) is 6.60. The summed E-state index contributed by atoms with van der Waals surface area (Å²) in [7, 11) is 0. The van der Waals surface area contributed by atoms with E-state index in [2.05, 4.69) is 83.4 Å². The maximum absolute atomic E-state index is 6.75. The Labute approximate surface area is 237 Å². The molecule has 0 spiro atoms. The highest BCUT2D eigenvalue weighted by molar-refractivity contribution is 6.24. The first kappa shape index (κ1) is 21.9. The third-order valence-electron chi connectivity index (χ3n) is 8.45. The molecule has 5 heteroatoms. The first-order valence-corrected chi connectivity index (χ1v) is 14.0. The van der Waals surface area contributed by atoms with Gasteiger partial charge in [-0.2, -0.15) is 4.98 Å². The first-order valence-electron chi connectivity index (χ1n) is 14.0. The van der Waals surface area contributed by atoms with E-state index in [1.165, 1.54) is 0 Å². The summed E-state index contributed by atoms with van der Waals surface area (Å²) in [5.74, 6) is 0. The van der Waals surface area contributed by atoms with Crippen LogP contribution in [0.2, 0.25) is 0 Å². The summed E-state index contributed by atoms with van der Waals surface area (Å²) >= 11 is 0. The Morgan fingerprint density at radius 2 is 1.19 bits per heavy atom. The summed E-state index contributed by atoms with van der Waals surface area (Å²) < 4.78 is 21.4. The van der Waals surface area contributed by atoms with Crippen molar-refractivity contribution in [3.63, 3.8) is 0 Å². The zero-order valence-electron chi connectivity index (χ0n) is 22.2. The number of hydrogen-bond acceptors (Lipinski definition) is 4. The highest BCUT2D eigenvalue weighted by atomic mass is 16.4. The molecule has 5 nitrogen and oxygen atoms in total. The topological polar surface area (TPSA) is 57.2 Å². The van der Waals surface area contributed by atoms with Crippen LogP contribution in [0.4, 0.5) is 0 Å². The first-order chi connectivity index (χ1) is 20.8. The number of aromatic nitrogens is 2. The molecule has 10 aromatic rings. The number of oxazole rings is 1. The van der Waals surface area contributed by atoms with E-state index in [-0.39, 0.29) is 0 Å². The minimum Gasteiger partial charge on any atom is -0.456 e. The number of hydrogen-bond donors (Lipinski definition) is 0. The lowest BCUT2D eigenvalue weighted by Gasteiger charge is -2.03. The molecule has 0 radical (unpaired) electrons. The number of furan rings is 2. The van der Waals surface area contributed by atoms with Crippen molar-refractivity contribution in [3.05, 3.63) is 121 Å². The van der Waals surface area contributed by atoms with Gasteiger partial charge in [-0.05, 0) is 59.7 Å². The highest BCUT2D eigenvalue weighted by Gasteiger charge is 2.23. The van der Waals surface area contributed by atoms with Gasteiger partial charge in [-0.25, -0.2) is 0 Å². The predicted octanol–water partition coefficient (Wildman–Crippen LogP) is 10.4. The Kier molecular flexibility index (Phi) is 4.12. The average Bonchev–Trinajstić information content (AvgIpc) is 3.80. The quantitative estimate of drug-likeness (QED) is 0.219. The standard InChI is InChI=1S/C37H20N2O3/c1-2-8-21(9-3-1)22-14-17-30-26(20-22)34-32(41-30)19-16-27-36(34)42-37(38-27)39-28-12-6-4-10-23(28)24-15-18-31-33(35(24)39)25-11-5-7-13-29(25)40-31/h1-20H. The molecular weight excluding hydrogens is 520 g/mol. The van der Waals surface area contributed by atoms with Crippen molar-refractivity contribution in [2.24, 2.45) is 0 Å². The minimum atomic E-state index is 0.509. The van der Waals surface area contributed by atoms with Crippen molar-refractivity contribution in [1.29, 1.82) is 0 Å². The fourth-order valence-electron chi connectivity index (χ4n) is 6.60. The zero-order valence-corrected chi connectivity index (χ0v) is 22.2. The Bertz CT molecular complexity index is 2690. The molecular formula is C37H20N2O3. The van der Waals surface area contributed by atoms with Gasteiger partial charge in [0, 0.05) is 21.5 Å². The summed E-state index contributed by atoms with van der Waals surface area (Å²) in [5, 5.41) is 6.30. The normalized spacial score (nSPS) is 12.3. The second kappa shape index (κ2) is 7.89. The third-order valence-corrected chi connectivity index (χ3v) is 8.45.